The smallest absolute Gasteiger partial charge is 0.226 e. The van der Waals surface area contributed by atoms with Crippen LogP contribution in [0.25, 0.3) is 0 Å². The molecule has 2 heterocycles. The normalized spacial score (nSPS) is 30.3. The average molecular weight is 267 g/mol. The van der Waals surface area contributed by atoms with E-state index in [0.717, 1.165) is 25.9 Å². The second-order valence-corrected chi connectivity index (χ2v) is 6.55. The minimum absolute atomic E-state index is 0.201. The molecule has 1 amide bonds. The van der Waals surface area contributed by atoms with Gasteiger partial charge in [0.05, 0.1) is 5.92 Å². The molecule has 2 aliphatic rings. The molecule has 2 atom stereocenters. The molecule has 2 unspecified atom stereocenters. The van der Waals surface area contributed by atoms with E-state index in [4.69, 9.17) is 0 Å². The lowest BCUT2D eigenvalue weighted by atomic mass is 9.93. The summed E-state index contributed by atoms with van der Waals surface area (Å²) in [5.41, 5.74) is 0. The lowest BCUT2D eigenvalue weighted by molar-refractivity contribution is -0.135. The van der Waals surface area contributed by atoms with Crippen LogP contribution in [0.2, 0.25) is 0 Å². The van der Waals surface area contributed by atoms with Crippen LogP contribution in [0.4, 0.5) is 0 Å². The van der Waals surface area contributed by atoms with Crippen LogP contribution in [-0.4, -0.2) is 62.0 Å². The van der Waals surface area contributed by atoms with E-state index in [0.29, 0.717) is 17.9 Å². The highest BCUT2D eigenvalue weighted by Crippen LogP contribution is 2.20. The quantitative estimate of drug-likeness (QED) is 0.834. The third-order valence-electron chi connectivity index (χ3n) is 4.76. The molecule has 1 N–H and O–H groups in total. The van der Waals surface area contributed by atoms with Gasteiger partial charge in [-0.2, -0.15) is 0 Å². The van der Waals surface area contributed by atoms with Crippen molar-refractivity contribution in [2.45, 2.75) is 38.6 Å². The highest BCUT2D eigenvalue weighted by molar-refractivity contribution is 5.78. The molecular formula is C15H29N3O. The minimum Gasteiger partial charge on any atom is -0.345 e. The zero-order valence-electron chi connectivity index (χ0n) is 12.7. The molecule has 0 bridgehead atoms. The van der Waals surface area contributed by atoms with E-state index in [9.17, 15) is 4.79 Å². The first-order chi connectivity index (χ1) is 9.06. The molecule has 19 heavy (non-hydrogen) atoms. The molecule has 2 rings (SSSR count). The molecule has 2 saturated heterocycles. The second kappa shape index (κ2) is 6.71. The van der Waals surface area contributed by atoms with Crippen molar-refractivity contribution in [3.63, 3.8) is 0 Å². The van der Waals surface area contributed by atoms with Crippen LogP contribution in [-0.2, 0) is 4.79 Å². The Bertz CT molecular complexity index is 292. The van der Waals surface area contributed by atoms with Crippen molar-refractivity contribution in [3.05, 3.63) is 0 Å². The fraction of sp³-hybridized carbons (Fsp3) is 0.933. The summed E-state index contributed by atoms with van der Waals surface area (Å²) in [7, 11) is 4.17. The van der Waals surface area contributed by atoms with Crippen molar-refractivity contribution in [2.24, 2.45) is 11.8 Å². The molecule has 4 heteroatoms. The van der Waals surface area contributed by atoms with E-state index in [1.807, 2.05) is 11.9 Å². The Kier molecular flexibility index (Phi) is 5.22. The number of likely N-dealkylation sites (tertiary alicyclic amines) is 1. The maximum Gasteiger partial charge on any atom is 0.226 e. The fourth-order valence-electron chi connectivity index (χ4n) is 3.24. The van der Waals surface area contributed by atoms with Gasteiger partial charge in [-0.3, -0.25) is 4.79 Å². The third kappa shape index (κ3) is 4.18. The van der Waals surface area contributed by atoms with Gasteiger partial charge in [0.25, 0.3) is 0 Å². The van der Waals surface area contributed by atoms with Crippen LogP contribution in [0.1, 0.15) is 32.6 Å². The van der Waals surface area contributed by atoms with Crippen LogP contribution in [0.15, 0.2) is 0 Å². The predicted molar refractivity (Wildman–Crippen MR) is 78.0 cm³/mol. The highest BCUT2D eigenvalue weighted by Gasteiger charge is 2.28. The number of rotatable bonds is 3. The summed E-state index contributed by atoms with van der Waals surface area (Å²) in [6.45, 7) is 6.35. The van der Waals surface area contributed by atoms with Gasteiger partial charge in [-0.15, -0.1) is 0 Å². The molecule has 110 valence electrons. The number of hydrogen-bond donors (Lipinski definition) is 1. The van der Waals surface area contributed by atoms with E-state index in [1.54, 1.807) is 0 Å². The van der Waals surface area contributed by atoms with Gasteiger partial charge in [0.2, 0.25) is 5.91 Å². The largest absolute Gasteiger partial charge is 0.345 e. The highest BCUT2D eigenvalue weighted by atomic mass is 16.2. The maximum atomic E-state index is 12.4. The lowest BCUT2D eigenvalue weighted by Gasteiger charge is -2.34. The molecule has 2 fully saturated rings. The second-order valence-electron chi connectivity index (χ2n) is 6.55. The molecule has 4 nitrogen and oxygen atoms in total. The van der Waals surface area contributed by atoms with Crippen LogP contribution < -0.4 is 5.32 Å². The van der Waals surface area contributed by atoms with Crippen molar-refractivity contribution in [2.75, 3.05) is 40.3 Å². The van der Waals surface area contributed by atoms with Gasteiger partial charge in [0, 0.05) is 26.2 Å². The van der Waals surface area contributed by atoms with Crippen LogP contribution in [0.3, 0.4) is 0 Å². The van der Waals surface area contributed by atoms with Crippen molar-refractivity contribution >= 4 is 5.91 Å². The number of nitrogens with one attached hydrogen (secondary N) is 1. The maximum absolute atomic E-state index is 12.4. The number of carbonyl (C=O) groups is 1. The van der Waals surface area contributed by atoms with E-state index >= 15 is 0 Å². The van der Waals surface area contributed by atoms with E-state index in [1.165, 1.54) is 25.9 Å². The monoisotopic (exact) mass is 267 g/mol. The number of piperidine rings is 2. The van der Waals surface area contributed by atoms with Crippen LogP contribution in [0, 0.1) is 11.8 Å². The van der Waals surface area contributed by atoms with Crippen LogP contribution in [0.5, 0.6) is 0 Å². The molecule has 0 aromatic rings. The minimum atomic E-state index is 0.201. The molecule has 0 aliphatic carbocycles. The van der Waals surface area contributed by atoms with Gasteiger partial charge in [-0.1, -0.05) is 0 Å². The van der Waals surface area contributed by atoms with Crippen molar-refractivity contribution in [1.29, 1.82) is 0 Å². The van der Waals surface area contributed by atoms with Crippen LogP contribution >= 0.6 is 0 Å². The number of hydrogen-bond acceptors (Lipinski definition) is 3. The summed E-state index contributed by atoms with van der Waals surface area (Å²) in [5.74, 6) is 1.24. The lowest BCUT2D eigenvalue weighted by Crippen LogP contribution is -2.46. The van der Waals surface area contributed by atoms with Crippen molar-refractivity contribution in [1.82, 2.24) is 15.1 Å². The van der Waals surface area contributed by atoms with Gasteiger partial charge in [0.15, 0.2) is 0 Å². The summed E-state index contributed by atoms with van der Waals surface area (Å²) in [6, 6.07) is 0.572. The van der Waals surface area contributed by atoms with Gasteiger partial charge in [-0.25, -0.2) is 0 Å². The third-order valence-corrected chi connectivity index (χ3v) is 4.76. The molecule has 0 aromatic carbocycles. The van der Waals surface area contributed by atoms with Gasteiger partial charge in [-0.05, 0) is 58.7 Å². The Morgan fingerprint density at radius 2 is 1.95 bits per heavy atom. The van der Waals surface area contributed by atoms with E-state index in [2.05, 4.69) is 24.2 Å². The number of carbonyl (C=O) groups excluding carboxylic acids is 1. The molecule has 0 radical (unpaired) electrons. The molecule has 0 saturated carbocycles. The molecular weight excluding hydrogens is 238 g/mol. The van der Waals surface area contributed by atoms with E-state index in [-0.39, 0.29) is 5.92 Å². The average Bonchev–Trinajstić information content (AvgIpc) is 2.41. The van der Waals surface area contributed by atoms with Gasteiger partial charge >= 0.3 is 0 Å². The SMILES string of the molecule is CC1CCC(C(=O)N(C)CC2CCN(C)CC2)CN1. The summed E-state index contributed by atoms with van der Waals surface area (Å²) < 4.78 is 0. The standard InChI is InChI=1S/C15H29N3O/c1-12-4-5-14(10-16-12)15(19)18(3)11-13-6-8-17(2)9-7-13/h12-14,16H,4-11H2,1-3H3. The Morgan fingerprint density at radius 3 is 2.53 bits per heavy atom. The summed E-state index contributed by atoms with van der Waals surface area (Å²) in [6.07, 6.45) is 4.63. The van der Waals surface area contributed by atoms with Gasteiger partial charge < -0.3 is 15.1 Å². The summed E-state index contributed by atoms with van der Waals surface area (Å²) >= 11 is 0. The van der Waals surface area contributed by atoms with Crippen molar-refractivity contribution in [3.8, 4) is 0 Å². The first-order valence-corrected chi connectivity index (χ1v) is 7.73. The predicted octanol–water partition coefficient (Wildman–Crippen LogP) is 1.17. The fourth-order valence-corrected chi connectivity index (χ4v) is 3.24. The topological polar surface area (TPSA) is 35.6 Å². The summed E-state index contributed by atoms with van der Waals surface area (Å²) in [4.78, 5) is 16.8. The van der Waals surface area contributed by atoms with Crippen molar-refractivity contribution < 1.29 is 4.79 Å². The van der Waals surface area contributed by atoms with E-state index < -0.39 is 0 Å². The Labute approximate surface area is 117 Å². The Hall–Kier alpha value is -0.610. The molecule has 2 aliphatic heterocycles. The Morgan fingerprint density at radius 1 is 1.26 bits per heavy atom. The number of nitrogens with zero attached hydrogens (tertiary/aromatic N) is 2. The molecule has 0 spiro atoms. The zero-order chi connectivity index (χ0) is 13.8. The summed E-state index contributed by atoms with van der Waals surface area (Å²) in [5, 5.41) is 3.42. The first-order valence-electron chi connectivity index (χ1n) is 7.73. The molecule has 0 aromatic heterocycles. The number of amides is 1. The first kappa shape index (κ1) is 14.8. The van der Waals surface area contributed by atoms with Gasteiger partial charge in [0.1, 0.15) is 0 Å². The zero-order valence-corrected chi connectivity index (χ0v) is 12.7. The Balaban J connectivity index is 1.76.